The lowest BCUT2D eigenvalue weighted by molar-refractivity contribution is -0.122. The lowest BCUT2D eigenvalue weighted by Gasteiger charge is -2.26. The fraction of sp³-hybridized carbons (Fsp3) is 0.933. The molecule has 0 aromatic rings. The van der Waals surface area contributed by atoms with Gasteiger partial charge in [-0.3, -0.25) is 4.79 Å². The number of nitrogens with one attached hydrogen (secondary N) is 1. The average molecular weight is 267 g/mol. The van der Waals surface area contributed by atoms with Gasteiger partial charge < -0.3 is 16.0 Å². The van der Waals surface area contributed by atoms with E-state index in [0.29, 0.717) is 12.3 Å². The maximum atomic E-state index is 11.9. The molecular weight excluding hydrogens is 238 g/mol. The largest absolute Gasteiger partial charge is 0.356 e. The van der Waals surface area contributed by atoms with Crippen LogP contribution in [-0.4, -0.2) is 42.5 Å². The van der Waals surface area contributed by atoms with Crippen LogP contribution in [0.25, 0.3) is 0 Å². The van der Waals surface area contributed by atoms with Gasteiger partial charge in [0.1, 0.15) is 0 Å². The molecule has 4 heteroatoms. The zero-order chi connectivity index (χ0) is 14.0. The van der Waals surface area contributed by atoms with Gasteiger partial charge in [0.05, 0.1) is 0 Å². The molecule has 2 atom stereocenters. The van der Waals surface area contributed by atoms with Crippen molar-refractivity contribution >= 4 is 5.91 Å². The van der Waals surface area contributed by atoms with Crippen LogP contribution in [0.5, 0.6) is 0 Å². The number of hydrogen-bond acceptors (Lipinski definition) is 3. The Labute approximate surface area is 117 Å². The summed E-state index contributed by atoms with van der Waals surface area (Å²) in [5, 5.41) is 3.06. The Bertz CT molecular complexity index is 320. The van der Waals surface area contributed by atoms with Crippen molar-refractivity contribution < 1.29 is 4.79 Å². The van der Waals surface area contributed by atoms with Crippen LogP contribution in [-0.2, 0) is 4.79 Å². The molecule has 1 aliphatic carbocycles. The normalized spacial score (nSPS) is 26.4. The smallest absolute Gasteiger partial charge is 0.221 e. The van der Waals surface area contributed by atoms with E-state index in [1.807, 2.05) is 0 Å². The van der Waals surface area contributed by atoms with Gasteiger partial charge in [0.25, 0.3) is 0 Å². The standard InChI is InChI=1S/C15H29N3O/c1-15(2,3)13(16)8-14(19)17-9-11-6-7-18(10-11)12-4-5-12/h11-13H,4-10,16H2,1-3H3,(H,17,19). The molecular formula is C15H29N3O. The van der Waals surface area contributed by atoms with Crippen molar-refractivity contribution in [2.24, 2.45) is 17.1 Å². The first kappa shape index (κ1) is 14.8. The van der Waals surface area contributed by atoms with E-state index >= 15 is 0 Å². The fourth-order valence-electron chi connectivity index (χ4n) is 2.64. The first-order valence-electron chi connectivity index (χ1n) is 7.62. The third-order valence-corrected chi connectivity index (χ3v) is 4.49. The van der Waals surface area contributed by atoms with Gasteiger partial charge in [-0.15, -0.1) is 0 Å². The molecule has 1 amide bonds. The molecule has 1 aliphatic heterocycles. The molecule has 2 rings (SSSR count). The molecule has 19 heavy (non-hydrogen) atoms. The predicted molar refractivity (Wildman–Crippen MR) is 77.8 cm³/mol. The monoisotopic (exact) mass is 267 g/mol. The van der Waals surface area contributed by atoms with E-state index in [2.05, 4.69) is 31.0 Å². The SMILES string of the molecule is CC(C)(C)C(N)CC(=O)NCC1CCN(C2CC2)C1. The molecule has 2 unspecified atom stereocenters. The summed E-state index contributed by atoms with van der Waals surface area (Å²) >= 11 is 0. The molecule has 1 heterocycles. The Morgan fingerprint density at radius 3 is 2.63 bits per heavy atom. The molecule has 2 fully saturated rings. The molecule has 0 aromatic carbocycles. The highest BCUT2D eigenvalue weighted by molar-refractivity contribution is 5.76. The lowest BCUT2D eigenvalue weighted by atomic mass is 9.85. The number of likely N-dealkylation sites (tertiary alicyclic amines) is 1. The zero-order valence-electron chi connectivity index (χ0n) is 12.6. The van der Waals surface area contributed by atoms with E-state index in [1.165, 1.54) is 25.8 Å². The minimum Gasteiger partial charge on any atom is -0.356 e. The summed E-state index contributed by atoms with van der Waals surface area (Å²) in [5.41, 5.74) is 6.03. The summed E-state index contributed by atoms with van der Waals surface area (Å²) in [6, 6.07) is 0.786. The number of carbonyl (C=O) groups excluding carboxylic acids is 1. The van der Waals surface area contributed by atoms with Crippen LogP contribution < -0.4 is 11.1 Å². The number of nitrogens with two attached hydrogens (primary N) is 1. The van der Waals surface area contributed by atoms with Gasteiger partial charge in [-0.1, -0.05) is 20.8 Å². The second-order valence-corrected chi connectivity index (χ2v) is 7.36. The van der Waals surface area contributed by atoms with E-state index in [9.17, 15) is 4.79 Å². The third-order valence-electron chi connectivity index (χ3n) is 4.49. The second kappa shape index (κ2) is 5.80. The Hall–Kier alpha value is -0.610. The molecule has 0 radical (unpaired) electrons. The van der Waals surface area contributed by atoms with Gasteiger partial charge in [-0.25, -0.2) is 0 Å². The van der Waals surface area contributed by atoms with Crippen molar-refractivity contribution in [3.8, 4) is 0 Å². The number of nitrogens with zero attached hydrogens (tertiary/aromatic N) is 1. The van der Waals surface area contributed by atoms with Crippen LogP contribution in [0.1, 0.15) is 46.5 Å². The topological polar surface area (TPSA) is 58.4 Å². The molecule has 1 saturated heterocycles. The van der Waals surface area contributed by atoms with Crippen LogP contribution in [0.4, 0.5) is 0 Å². The van der Waals surface area contributed by atoms with Crippen molar-refractivity contribution in [3.05, 3.63) is 0 Å². The number of carbonyl (C=O) groups is 1. The predicted octanol–water partition coefficient (Wildman–Crippen LogP) is 1.35. The van der Waals surface area contributed by atoms with Gasteiger partial charge >= 0.3 is 0 Å². The summed E-state index contributed by atoms with van der Waals surface area (Å²) in [7, 11) is 0. The third kappa shape index (κ3) is 4.46. The first-order valence-corrected chi connectivity index (χ1v) is 7.62. The first-order chi connectivity index (χ1) is 8.86. The van der Waals surface area contributed by atoms with E-state index in [4.69, 9.17) is 5.73 Å². The summed E-state index contributed by atoms with van der Waals surface area (Å²) in [5.74, 6) is 0.739. The molecule has 3 N–H and O–H groups in total. The lowest BCUT2D eigenvalue weighted by Crippen LogP contribution is -2.41. The molecule has 1 saturated carbocycles. The van der Waals surface area contributed by atoms with Crippen LogP contribution in [0, 0.1) is 11.3 Å². The maximum absolute atomic E-state index is 11.9. The summed E-state index contributed by atoms with van der Waals surface area (Å²) in [6.07, 6.45) is 4.41. The van der Waals surface area contributed by atoms with Crippen molar-refractivity contribution in [2.45, 2.75) is 58.5 Å². The molecule has 4 nitrogen and oxygen atoms in total. The van der Waals surface area contributed by atoms with Crippen molar-refractivity contribution in [2.75, 3.05) is 19.6 Å². The maximum Gasteiger partial charge on any atom is 0.221 e. The van der Waals surface area contributed by atoms with E-state index in [1.54, 1.807) is 0 Å². The molecule has 2 aliphatic rings. The van der Waals surface area contributed by atoms with Crippen molar-refractivity contribution in [3.63, 3.8) is 0 Å². The Balaban J connectivity index is 1.64. The highest BCUT2D eigenvalue weighted by Gasteiger charge is 2.34. The van der Waals surface area contributed by atoms with Crippen LogP contribution in [0.3, 0.4) is 0 Å². The quantitative estimate of drug-likeness (QED) is 0.790. The van der Waals surface area contributed by atoms with Gasteiger partial charge in [-0.2, -0.15) is 0 Å². The highest BCUT2D eigenvalue weighted by atomic mass is 16.1. The fourth-order valence-corrected chi connectivity index (χ4v) is 2.64. The van der Waals surface area contributed by atoms with Gasteiger partial charge in [0.2, 0.25) is 5.91 Å². The van der Waals surface area contributed by atoms with Crippen LogP contribution in [0.15, 0.2) is 0 Å². The minimum atomic E-state index is -0.0703. The van der Waals surface area contributed by atoms with E-state index in [0.717, 1.165) is 19.1 Å². The van der Waals surface area contributed by atoms with Gasteiger partial charge in [0.15, 0.2) is 0 Å². The molecule has 0 spiro atoms. The Kier molecular flexibility index (Phi) is 4.51. The number of rotatable bonds is 5. The molecule has 0 bridgehead atoms. The highest BCUT2D eigenvalue weighted by Crippen LogP contribution is 2.31. The molecule has 0 aromatic heterocycles. The second-order valence-electron chi connectivity index (χ2n) is 7.36. The summed E-state index contributed by atoms with van der Waals surface area (Å²) < 4.78 is 0. The van der Waals surface area contributed by atoms with Gasteiger partial charge in [-0.05, 0) is 37.1 Å². The van der Waals surface area contributed by atoms with E-state index < -0.39 is 0 Å². The average Bonchev–Trinajstić information content (AvgIpc) is 3.05. The summed E-state index contributed by atoms with van der Waals surface area (Å²) in [6.45, 7) is 9.43. The van der Waals surface area contributed by atoms with Crippen LogP contribution >= 0.6 is 0 Å². The number of amides is 1. The Morgan fingerprint density at radius 1 is 1.37 bits per heavy atom. The molecule has 110 valence electrons. The van der Waals surface area contributed by atoms with Crippen molar-refractivity contribution in [1.82, 2.24) is 10.2 Å². The minimum absolute atomic E-state index is 0.00648. The van der Waals surface area contributed by atoms with Crippen LogP contribution in [0.2, 0.25) is 0 Å². The summed E-state index contributed by atoms with van der Waals surface area (Å²) in [4.78, 5) is 14.5. The van der Waals surface area contributed by atoms with E-state index in [-0.39, 0.29) is 17.4 Å². The number of hydrogen-bond donors (Lipinski definition) is 2. The Morgan fingerprint density at radius 2 is 2.05 bits per heavy atom. The zero-order valence-corrected chi connectivity index (χ0v) is 12.6. The van der Waals surface area contributed by atoms with Crippen molar-refractivity contribution in [1.29, 1.82) is 0 Å². The van der Waals surface area contributed by atoms with Gasteiger partial charge in [0, 0.05) is 31.6 Å².